The highest BCUT2D eigenvalue weighted by atomic mass is 32.2. The van der Waals surface area contributed by atoms with Crippen molar-refractivity contribution in [3.63, 3.8) is 0 Å². The third-order valence-corrected chi connectivity index (χ3v) is 5.45. The average molecular weight is 320 g/mol. The normalized spacial score (nSPS) is 20.3. The molecular formula is C16H33NO3S. The van der Waals surface area contributed by atoms with Gasteiger partial charge in [0.25, 0.3) is 0 Å². The molecule has 5 heteroatoms. The third-order valence-electron chi connectivity index (χ3n) is 4.42. The van der Waals surface area contributed by atoms with Crippen LogP contribution >= 0.6 is 0 Å². The van der Waals surface area contributed by atoms with E-state index in [9.17, 15) is 8.42 Å². The Balaban J connectivity index is 2.71. The standard InChI is InChI=1S/C16H33NO3S/c1-4-13-17-15(10-9-14-21(3,18)19)16(20-5-2)11-7-6-8-12-16/h15,17H,4-14H2,1-3H3. The lowest BCUT2D eigenvalue weighted by Crippen LogP contribution is -2.54. The Labute approximate surface area is 130 Å². The van der Waals surface area contributed by atoms with Crippen LogP contribution in [-0.2, 0) is 14.6 Å². The monoisotopic (exact) mass is 319 g/mol. The first-order chi connectivity index (χ1) is 9.93. The lowest BCUT2D eigenvalue weighted by molar-refractivity contribution is -0.0915. The molecule has 0 aromatic heterocycles. The molecule has 0 saturated heterocycles. The molecular weight excluding hydrogens is 286 g/mol. The third kappa shape index (κ3) is 6.66. The summed E-state index contributed by atoms with van der Waals surface area (Å²) in [6.45, 7) is 5.92. The molecule has 0 aromatic carbocycles. The highest BCUT2D eigenvalue weighted by Gasteiger charge is 2.39. The Morgan fingerprint density at radius 2 is 1.86 bits per heavy atom. The van der Waals surface area contributed by atoms with Crippen molar-refractivity contribution in [3.05, 3.63) is 0 Å². The van der Waals surface area contributed by atoms with Crippen molar-refractivity contribution in [3.8, 4) is 0 Å². The minimum Gasteiger partial charge on any atom is -0.374 e. The Hall–Kier alpha value is -0.130. The molecule has 126 valence electrons. The summed E-state index contributed by atoms with van der Waals surface area (Å²) in [6, 6.07) is 0.277. The molecule has 1 N–H and O–H groups in total. The second-order valence-corrected chi connectivity index (χ2v) is 8.60. The van der Waals surface area contributed by atoms with E-state index < -0.39 is 9.84 Å². The van der Waals surface area contributed by atoms with Crippen LogP contribution in [0.25, 0.3) is 0 Å². The van der Waals surface area contributed by atoms with Gasteiger partial charge in [0.1, 0.15) is 9.84 Å². The fraction of sp³-hybridized carbons (Fsp3) is 1.00. The van der Waals surface area contributed by atoms with Gasteiger partial charge >= 0.3 is 0 Å². The van der Waals surface area contributed by atoms with Gasteiger partial charge in [0.05, 0.1) is 5.60 Å². The van der Waals surface area contributed by atoms with Gasteiger partial charge in [0.2, 0.25) is 0 Å². The molecule has 0 bridgehead atoms. The molecule has 21 heavy (non-hydrogen) atoms. The molecule has 1 saturated carbocycles. The summed E-state index contributed by atoms with van der Waals surface area (Å²) in [5, 5.41) is 3.63. The molecule has 1 aliphatic carbocycles. The van der Waals surface area contributed by atoms with Crippen LogP contribution in [0.5, 0.6) is 0 Å². The SMILES string of the molecule is CCCNC(CCCS(C)(=O)=O)C1(OCC)CCCCC1. The van der Waals surface area contributed by atoms with Crippen LogP contribution in [0.2, 0.25) is 0 Å². The predicted molar refractivity (Wildman–Crippen MR) is 88.5 cm³/mol. The van der Waals surface area contributed by atoms with E-state index in [4.69, 9.17) is 4.74 Å². The van der Waals surface area contributed by atoms with E-state index in [1.54, 1.807) is 0 Å². The van der Waals surface area contributed by atoms with E-state index in [2.05, 4.69) is 19.2 Å². The van der Waals surface area contributed by atoms with Crippen LogP contribution in [0.1, 0.15) is 65.2 Å². The van der Waals surface area contributed by atoms with Gasteiger partial charge in [-0.3, -0.25) is 0 Å². The molecule has 0 aromatic rings. The van der Waals surface area contributed by atoms with Crippen molar-refractivity contribution in [1.82, 2.24) is 5.32 Å². The predicted octanol–water partition coefficient (Wildman–Crippen LogP) is 2.92. The van der Waals surface area contributed by atoms with Crippen LogP contribution in [0.4, 0.5) is 0 Å². The maximum Gasteiger partial charge on any atom is 0.147 e. The zero-order chi connectivity index (χ0) is 15.8. The number of nitrogens with one attached hydrogen (secondary N) is 1. The van der Waals surface area contributed by atoms with E-state index in [-0.39, 0.29) is 17.4 Å². The lowest BCUT2D eigenvalue weighted by Gasteiger charge is -2.44. The van der Waals surface area contributed by atoms with Gasteiger partial charge in [0, 0.05) is 24.7 Å². The first kappa shape index (κ1) is 18.9. The Bertz CT molecular complexity index is 369. The number of sulfone groups is 1. The van der Waals surface area contributed by atoms with Crippen molar-refractivity contribution in [2.75, 3.05) is 25.2 Å². The molecule has 1 unspecified atom stereocenters. The van der Waals surface area contributed by atoms with Gasteiger partial charge in [0.15, 0.2) is 0 Å². The first-order valence-electron chi connectivity index (χ1n) is 8.48. The van der Waals surface area contributed by atoms with Crippen LogP contribution in [0, 0.1) is 0 Å². The Kier molecular flexibility index (Phi) is 8.21. The second-order valence-electron chi connectivity index (χ2n) is 6.34. The molecule has 1 atom stereocenters. The van der Waals surface area contributed by atoms with Crippen molar-refractivity contribution in [2.45, 2.75) is 76.9 Å². The van der Waals surface area contributed by atoms with Crippen LogP contribution in [0.3, 0.4) is 0 Å². The number of ether oxygens (including phenoxy) is 1. The second kappa shape index (κ2) is 9.11. The Morgan fingerprint density at radius 1 is 1.19 bits per heavy atom. The largest absolute Gasteiger partial charge is 0.374 e. The highest BCUT2D eigenvalue weighted by Crippen LogP contribution is 2.36. The molecule has 0 amide bonds. The van der Waals surface area contributed by atoms with E-state index in [0.29, 0.717) is 0 Å². The summed E-state index contributed by atoms with van der Waals surface area (Å²) in [5.74, 6) is 0.277. The number of rotatable bonds is 10. The number of hydrogen-bond acceptors (Lipinski definition) is 4. The smallest absolute Gasteiger partial charge is 0.147 e. The molecule has 1 fully saturated rings. The Morgan fingerprint density at radius 3 is 2.38 bits per heavy atom. The van der Waals surface area contributed by atoms with E-state index in [1.807, 2.05) is 0 Å². The van der Waals surface area contributed by atoms with Crippen molar-refractivity contribution >= 4 is 9.84 Å². The quantitative estimate of drug-likeness (QED) is 0.672. The molecule has 1 aliphatic rings. The fourth-order valence-electron chi connectivity index (χ4n) is 3.45. The molecule has 4 nitrogen and oxygen atoms in total. The maximum absolute atomic E-state index is 11.4. The van der Waals surface area contributed by atoms with E-state index in [0.717, 1.165) is 45.3 Å². The molecule has 0 heterocycles. The molecule has 0 aliphatic heterocycles. The molecule has 0 radical (unpaired) electrons. The molecule has 0 spiro atoms. The van der Waals surface area contributed by atoms with Gasteiger partial charge in [-0.25, -0.2) is 8.42 Å². The van der Waals surface area contributed by atoms with Crippen LogP contribution in [0.15, 0.2) is 0 Å². The summed E-state index contributed by atoms with van der Waals surface area (Å²) in [6.07, 6.45) is 9.93. The van der Waals surface area contributed by atoms with Crippen molar-refractivity contribution < 1.29 is 13.2 Å². The lowest BCUT2D eigenvalue weighted by atomic mass is 9.77. The van der Waals surface area contributed by atoms with Crippen molar-refractivity contribution in [1.29, 1.82) is 0 Å². The summed E-state index contributed by atoms with van der Waals surface area (Å²) in [7, 11) is -2.87. The van der Waals surface area contributed by atoms with Gasteiger partial charge in [-0.1, -0.05) is 26.2 Å². The summed E-state index contributed by atoms with van der Waals surface area (Å²) in [4.78, 5) is 0. The summed E-state index contributed by atoms with van der Waals surface area (Å²) < 4.78 is 28.9. The van der Waals surface area contributed by atoms with Crippen LogP contribution in [-0.4, -0.2) is 45.2 Å². The van der Waals surface area contributed by atoms with Gasteiger partial charge < -0.3 is 10.1 Å². The van der Waals surface area contributed by atoms with Gasteiger partial charge in [-0.05, 0) is 45.6 Å². The summed E-state index contributed by atoms with van der Waals surface area (Å²) in [5.41, 5.74) is -0.0837. The van der Waals surface area contributed by atoms with E-state index in [1.165, 1.54) is 25.5 Å². The highest BCUT2D eigenvalue weighted by molar-refractivity contribution is 7.90. The zero-order valence-electron chi connectivity index (χ0n) is 14.0. The minimum atomic E-state index is -2.87. The fourth-order valence-corrected chi connectivity index (χ4v) is 4.14. The van der Waals surface area contributed by atoms with Gasteiger partial charge in [-0.2, -0.15) is 0 Å². The number of hydrogen-bond donors (Lipinski definition) is 1. The topological polar surface area (TPSA) is 55.4 Å². The summed E-state index contributed by atoms with van der Waals surface area (Å²) >= 11 is 0. The van der Waals surface area contributed by atoms with Crippen molar-refractivity contribution in [2.24, 2.45) is 0 Å². The van der Waals surface area contributed by atoms with E-state index >= 15 is 0 Å². The minimum absolute atomic E-state index is 0.0837. The zero-order valence-corrected chi connectivity index (χ0v) is 14.8. The van der Waals surface area contributed by atoms with Crippen LogP contribution < -0.4 is 5.32 Å². The average Bonchev–Trinajstić information content (AvgIpc) is 2.42. The van der Waals surface area contributed by atoms with Gasteiger partial charge in [-0.15, -0.1) is 0 Å². The molecule has 1 rings (SSSR count). The maximum atomic E-state index is 11.4. The first-order valence-corrected chi connectivity index (χ1v) is 10.5.